The van der Waals surface area contributed by atoms with Crippen LogP contribution in [0.3, 0.4) is 0 Å². The van der Waals surface area contributed by atoms with Gasteiger partial charge in [0, 0.05) is 30.7 Å². The zero-order valence-electron chi connectivity index (χ0n) is 13.2. The summed E-state index contributed by atoms with van der Waals surface area (Å²) >= 11 is 6.02. The van der Waals surface area contributed by atoms with Crippen molar-refractivity contribution in [3.63, 3.8) is 0 Å². The maximum atomic E-state index is 13.7. The number of hydrogen-bond acceptors (Lipinski definition) is 3. The average Bonchev–Trinajstić information content (AvgIpc) is 2.93. The molecular formula is C15H20ClFN6. The number of aromatic nitrogens is 3. The summed E-state index contributed by atoms with van der Waals surface area (Å²) in [4.78, 5) is 8.56. The molecular weight excluding hydrogens is 319 g/mol. The van der Waals surface area contributed by atoms with E-state index in [9.17, 15) is 4.39 Å². The molecule has 23 heavy (non-hydrogen) atoms. The van der Waals surface area contributed by atoms with Gasteiger partial charge in [-0.2, -0.15) is 5.10 Å². The zero-order valence-corrected chi connectivity index (χ0v) is 13.9. The quantitative estimate of drug-likeness (QED) is 0.623. The molecule has 1 aromatic carbocycles. The molecule has 0 saturated heterocycles. The molecule has 0 saturated carbocycles. The third-order valence-electron chi connectivity index (χ3n) is 3.26. The molecule has 0 bridgehead atoms. The van der Waals surface area contributed by atoms with Gasteiger partial charge in [-0.15, -0.1) is 0 Å². The summed E-state index contributed by atoms with van der Waals surface area (Å²) in [5.41, 5.74) is 0.505. The van der Waals surface area contributed by atoms with Crippen molar-refractivity contribution in [2.75, 3.05) is 13.1 Å². The summed E-state index contributed by atoms with van der Waals surface area (Å²) in [6.07, 6.45) is 1.96. The van der Waals surface area contributed by atoms with E-state index in [2.05, 4.69) is 25.7 Å². The van der Waals surface area contributed by atoms with Gasteiger partial charge in [0.25, 0.3) is 0 Å². The lowest BCUT2D eigenvalue weighted by atomic mass is 10.1. The van der Waals surface area contributed by atoms with Gasteiger partial charge in [0.2, 0.25) is 0 Å². The molecule has 0 fully saturated rings. The standard InChI is InChI=1S/C15H20ClFN6/c1-3-18-15(20-9-14-21-10-22-23(14)2)19-8-7-11-12(16)5-4-6-13(11)17/h4-6,10H,3,7-9H2,1-2H3,(H2,18,19,20). The molecule has 2 aromatic rings. The Labute approximate surface area is 139 Å². The first kappa shape index (κ1) is 17.2. The molecule has 0 spiro atoms. The Bertz CT molecular complexity index is 649. The number of aryl methyl sites for hydroxylation is 1. The van der Waals surface area contributed by atoms with Gasteiger partial charge >= 0.3 is 0 Å². The molecule has 2 N–H and O–H groups in total. The van der Waals surface area contributed by atoms with Gasteiger partial charge in [-0.25, -0.2) is 14.4 Å². The lowest BCUT2D eigenvalue weighted by molar-refractivity contribution is 0.607. The number of nitrogens with one attached hydrogen (secondary N) is 2. The summed E-state index contributed by atoms with van der Waals surface area (Å²) in [7, 11) is 1.82. The normalized spacial score (nSPS) is 11.6. The van der Waals surface area contributed by atoms with Crippen molar-refractivity contribution in [3.8, 4) is 0 Å². The highest BCUT2D eigenvalue weighted by Crippen LogP contribution is 2.18. The highest BCUT2D eigenvalue weighted by atomic mass is 35.5. The van der Waals surface area contributed by atoms with Crippen LogP contribution >= 0.6 is 11.6 Å². The van der Waals surface area contributed by atoms with Crippen molar-refractivity contribution < 1.29 is 4.39 Å². The molecule has 0 amide bonds. The van der Waals surface area contributed by atoms with Crippen LogP contribution in [0.25, 0.3) is 0 Å². The van der Waals surface area contributed by atoms with Crippen LogP contribution in [0.4, 0.5) is 4.39 Å². The lowest BCUT2D eigenvalue weighted by Crippen LogP contribution is -2.38. The summed E-state index contributed by atoms with van der Waals surface area (Å²) < 4.78 is 15.4. The number of halogens is 2. The van der Waals surface area contributed by atoms with E-state index in [4.69, 9.17) is 11.6 Å². The fourth-order valence-corrected chi connectivity index (χ4v) is 2.29. The van der Waals surface area contributed by atoms with Gasteiger partial charge in [-0.05, 0) is 25.5 Å². The van der Waals surface area contributed by atoms with Crippen molar-refractivity contribution >= 4 is 17.6 Å². The topological polar surface area (TPSA) is 67.1 Å². The summed E-state index contributed by atoms with van der Waals surface area (Å²) in [6.45, 7) is 3.63. The van der Waals surface area contributed by atoms with E-state index in [0.717, 1.165) is 12.4 Å². The summed E-state index contributed by atoms with van der Waals surface area (Å²) in [5.74, 6) is 1.11. The number of guanidine groups is 1. The van der Waals surface area contributed by atoms with E-state index in [-0.39, 0.29) is 5.82 Å². The maximum absolute atomic E-state index is 13.7. The molecule has 1 heterocycles. The smallest absolute Gasteiger partial charge is 0.191 e. The monoisotopic (exact) mass is 338 g/mol. The highest BCUT2D eigenvalue weighted by molar-refractivity contribution is 6.31. The molecule has 0 aliphatic heterocycles. The number of rotatable bonds is 6. The molecule has 0 radical (unpaired) electrons. The van der Waals surface area contributed by atoms with Gasteiger partial charge in [0.05, 0.1) is 0 Å². The molecule has 0 unspecified atom stereocenters. The van der Waals surface area contributed by atoms with E-state index in [0.29, 0.717) is 36.1 Å². The SMILES string of the molecule is CCNC(=NCc1ncnn1C)NCCc1c(F)cccc1Cl. The first-order valence-electron chi connectivity index (χ1n) is 7.39. The van der Waals surface area contributed by atoms with E-state index >= 15 is 0 Å². The van der Waals surface area contributed by atoms with Gasteiger partial charge in [-0.1, -0.05) is 17.7 Å². The fourth-order valence-electron chi connectivity index (χ4n) is 2.03. The Hall–Kier alpha value is -2.15. The Kier molecular flexibility index (Phi) is 6.34. The van der Waals surface area contributed by atoms with E-state index in [1.807, 2.05) is 14.0 Å². The number of aliphatic imine (C=N–C) groups is 1. The van der Waals surface area contributed by atoms with Crippen LogP contribution in [0.5, 0.6) is 0 Å². The van der Waals surface area contributed by atoms with E-state index in [1.54, 1.807) is 16.8 Å². The molecule has 124 valence electrons. The largest absolute Gasteiger partial charge is 0.357 e. The Balaban J connectivity index is 1.93. The van der Waals surface area contributed by atoms with Gasteiger partial charge < -0.3 is 10.6 Å². The van der Waals surface area contributed by atoms with Gasteiger partial charge in [0.1, 0.15) is 24.5 Å². The predicted molar refractivity (Wildman–Crippen MR) is 88.9 cm³/mol. The second-order valence-electron chi connectivity index (χ2n) is 4.87. The molecule has 0 atom stereocenters. The zero-order chi connectivity index (χ0) is 16.7. The minimum Gasteiger partial charge on any atom is -0.357 e. The molecule has 0 aliphatic rings. The maximum Gasteiger partial charge on any atom is 0.191 e. The number of hydrogen-bond donors (Lipinski definition) is 2. The molecule has 8 heteroatoms. The van der Waals surface area contributed by atoms with E-state index < -0.39 is 0 Å². The van der Waals surface area contributed by atoms with Crippen molar-refractivity contribution in [1.82, 2.24) is 25.4 Å². The first-order valence-corrected chi connectivity index (χ1v) is 7.77. The van der Waals surface area contributed by atoms with Gasteiger partial charge in [-0.3, -0.25) is 4.68 Å². The minimum absolute atomic E-state index is 0.291. The van der Waals surface area contributed by atoms with Gasteiger partial charge in [0.15, 0.2) is 5.96 Å². The molecule has 2 rings (SSSR count). The second-order valence-corrected chi connectivity index (χ2v) is 5.28. The van der Waals surface area contributed by atoms with Crippen LogP contribution in [0, 0.1) is 5.82 Å². The van der Waals surface area contributed by atoms with Crippen molar-refractivity contribution in [2.45, 2.75) is 19.9 Å². The average molecular weight is 339 g/mol. The van der Waals surface area contributed by atoms with Crippen molar-refractivity contribution in [2.24, 2.45) is 12.0 Å². The summed E-state index contributed by atoms with van der Waals surface area (Å²) in [5, 5.41) is 10.7. The Morgan fingerprint density at radius 3 is 2.87 bits per heavy atom. The molecule has 6 nitrogen and oxygen atoms in total. The van der Waals surface area contributed by atoms with E-state index in [1.165, 1.54) is 12.4 Å². The number of benzene rings is 1. The minimum atomic E-state index is -0.291. The third-order valence-corrected chi connectivity index (χ3v) is 3.61. The van der Waals surface area contributed by atoms with Crippen LogP contribution in [0.15, 0.2) is 29.5 Å². The Morgan fingerprint density at radius 2 is 2.22 bits per heavy atom. The molecule has 1 aromatic heterocycles. The van der Waals surface area contributed by atoms with Crippen LogP contribution in [0.2, 0.25) is 5.02 Å². The third kappa shape index (κ3) is 4.92. The van der Waals surface area contributed by atoms with Crippen LogP contribution in [0.1, 0.15) is 18.3 Å². The lowest BCUT2D eigenvalue weighted by Gasteiger charge is -2.12. The molecule has 0 aliphatic carbocycles. The van der Waals surface area contributed by atoms with Crippen LogP contribution in [-0.4, -0.2) is 33.8 Å². The van der Waals surface area contributed by atoms with Crippen LogP contribution < -0.4 is 10.6 Å². The number of nitrogens with zero attached hydrogens (tertiary/aromatic N) is 4. The van der Waals surface area contributed by atoms with Crippen molar-refractivity contribution in [1.29, 1.82) is 0 Å². The Morgan fingerprint density at radius 1 is 1.39 bits per heavy atom. The first-order chi connectivity index (χ1) is 11.1. The highest BCUT2D eigenvalue weighted by Gasteiger charge is 2.07. The van der Waals surface area contributed by atoms with Crippen molar-refractivity contribution in [3.05, 3.63) is 46.8 Å². The van der Waals surface area contributed by atoms with Crippen LogP contribution in [-0.2, 0) is 20.0 Å². The second kappa shape index (κ2) is 8.47. The predicted octanol–water partition coefficient (Wildman–Crippen LogP) is 1.91. The fraction of sp³-hybridized carbons (Fsp3) is 0.400. The summed E-state index contributed by atoms with van der Waals surface area (Å²) in [6, 6.07) is 4.70.